The number of nitrogens with zero attached hydrogens (tertiary/aromatic N) is 6. The predicted molar refractivity (Wildman–Crippen MR) is 150 cm³/mol. The zero-order valence-corrected chi connectivity index (χ0v) is 23.4. The van der Waals surface area contributed by atoms with Crippen molar-refractivity contribution in [3.63, 3.8) is 0 Å². The van der Waals surface area contributed by atoms with Crippen LogP contribution in [0.25, 0.3) is 0 Å². The minimum Gasteiger partial charge on any atom is -0.494 e. The minimum absolute atomic E-state index is 0.104. The van der Waals surface area contributed by atoms with Crippen LogP contribution in [0, 0.1) is 10.1 Å². The highest BCUT2D eigenvalue weighted by Crippen LogP contribution is 2.39. The molecule has 1 heterocycles. The number of hydrogen-bond acceptors (Lipinski definition) is 11. The number of nitro groups is 1. The van der Waals surface area contributed by atoms with Crippen LogP contribution in [0.15, 0.2) is 30.6 Å². The first-order valence-electron chi connectivity index (χ1n) is 11.5. The first kappa shape index (κ1) is 29.1. The number of rotatable bonds is 11. The molecule has 0 unspecified atom stereocenters. The molecule has 1 aromatic heterocycles. The number of hydrogen-bond donors (Lipinski definition) is 3. The second-order valence-electron chi connectivity index (χ2n) is 9.28. The number of methoxy groups -OCH3 is 1. The Bertz CT molecular complexity index is 1320. The highest BCUT2D eigenvalue weighted by atomic mass is 35.5. The van der Waals surface area contributed by atoms with Crippen LogP contribution in [0.4, 0.5) is 34.6 Å². The summed E-state index contributed by atoms with van der Waals surface area (Å²) in [6.07, 6.45) is 1.27. The molecule has 12 nitrogen and oxygen atoms in total. The highest BCUT2D eigenvalue weighted by Gasteiger charge is 2.24. The van der Waals surface area contributed by atoms with Crippen molar-refractivity contribution in [3.05, 3.63) is 56.3 Å². The first-order valence-corrected chi connectivity index (χ1v) is 12.2. The van der Waals surface area contributed by atoms with Gasteiger partial charge in [0.2, 0.25) is 11.9 Å². The molecule has 0 saturated carbocycles. The molecule has 0 spiro atoms. The topological polar surface area (TPSA) is 142 Å². The van der Waals surface area contributed by atoms with Gasteiger partial charge in [-0.2, -0.15) is 4.98 Å². The lowest BCUT2D eigenvalue weighted by Crippen LogP contribution is -2.29. The summed E-state index contributed by atoms with van der Waals surface area (Å²) in [4.78, 5) is 27.8. The van der Waals surface area contributed by atoms with E-state index in [0.717, 1.165) is 0 Å². The molecule has 0 saturated heterocycles. The van der Waals surface area contributed by atoms with Crippen molar-refractivity contribution in [1.29, 1.82) is 0 Å². The van der Waals surface area contributed by atoms with Gasteiger partial charge >= 0.3 is 0 Å². The van der Waals surface area contributed by atoms with Crippen LogP contribution in [0.2, 0.25) is 10.0 Å². The van der Waals surface area contributed by atoms with Gasteiger partial charge in [-0.05, 0) is 40.1 Å². The van der Waals surface area contributed by atoms with Crippen molar-refractivity contribution in [2.24, 2.45) is 0 Å². The zero-order valence-electron chi connectivity index (χ0n) is 21.9. The summed E-state index contributed by atoms with van der Waals surface area (Å²) in [5, 5.41) is 29.0. The van der Waals surface area contributed by atoms with Gasteiger partial charge in [-0.15, -0.1) is 0 Å². The van der Waals surface area contributed by atoms with E-state index >= 15 is 0 Å². The van der Waals surface area contributed by atoms with E-state index in [0.29, 0.717) is 41.5 Å². The third-order valence-corrected chi connectivity index (χ3v) is 6.29. The number of anilines is 5. The van der Waals surface area contributed by atoms with Gasteiger partial charge in [0.25, 0.3) is 5.69 Å². The summed E-state index contributed by atoms with van der Waals surface area (Å²) >= 11 is 12.3. The van der Waals surface area contributed by atoms with E-state index in [1.807, 2.05) is 19.0 Å². The second kappa shape index (κ2) is 11.9. The molecule has 0 bridgehead atoms. The number of halogens is 2. The molecule has 38 heavy (non-hydrogen) atoms. The van der Waals surface area contributed by atoms with Gasteiger partial charge in [-0.1, -0.05) is 23.2 Å². The van der Waals surface area contributed by atoms with Crippen LogP contribution >= 0.6 is 23.2 Å². The molecule has 2 aromatic carbocycles. The fraction of sp³-hybridized carbons (Fsp3) is 0.375. The second-order valence-corrected chi connectivity index (χ2v) is 10.1. The van der Waals surface area contributed by atoms with Crippen molar-refractivity contribution in [2.45, 2.75) is 19.4 Å². The zero-order chi connectivity index (χ0) is 28.2. The Hall–Kier alpha value is -3.45. The molecule has 0 fully saturated rings. The normalized spacial score (nSPS) is 11.4. The Morgan fingerprint density at radius 3 is 2.18 bits per heavy atom. The number of nitro benzene ring substituents is 1. The largest absolute Gasteiger partial charge is 0.494 e. The number of benzene rings is 2. The monoisotopic (exact) mass is 564 g/mol. The molecule has 204 valence electrons. The Balaban J connectivity index is 1.94. The van der Waals surface area contributed by atoms with Crippen molar-refractivity contribution < 1.29 is 14.8 Å². The van der Waals surface area contributed by atoms with E-state index < -0.39 is 10.5 Å². The molecule has 0 amide bonds. The standard InChI is InChI=1S/C24H30Cl2N8O4/c1-24(2,35)14-9-15(25)16(26)10-17(14)29-22-27-13-28-23(31-22)30-18-11-20(34(36)37)19(12-21(18)38-6)33(5)8-7-32(3)4/h9-13,35H,7-8H2,1-6H3,(H2,27,28,29,30,31). The summed E-state index contributed by atoms with van der Waals surface area (Å²) in [6.45, 7) is 4.51. The van der Waals surface area contributed by atoms with Crippen molar-refractivity contribution in [3.8, 4) is 5.75 Å². The molecule has 3 aromatic rings. The average molecular weight is 565 g/mol. The fourth-order valence-electron chi connectivity index (χ4n) is 3.56. The van der Waals surface area contributed by atoms with Gasteiger partial charge in [0, 0.05) is 43.5 Å². The number of likely N-dealkylation sites (N-methyl/N-ethyl adjacent to an activating group) is 2. The lowest BCUT2D eigenvalue weighted by Gasteiger charge is -2.23. The minimum atomic E-state index is -1.24. The molecule has 0 aliphatic rings. The Morgan fingerprint density at radius 2 is 1.63 bits per heavy atom. The smallest absolute Gasteiger partial charge is 0.294 e. The lowest BCUT2D eigenvalue weighted by atomic mass is 9.96. The third-order valence-electron chi connectivity index (χ3n) is 5.57. The number of ether oxygens (including phenoxy) is 1. The van der Waals surface area contributed by atoms with Gasteiger partial charge in [0.15, 0.2) is 0 Å². The highest BCUT2D eigenvalue weighted by molar-refractivity contribution is 6.42. The van der Waals surface area contributed by atoms with Gasteiger partial charge in [-0.3, -0.25) is 10.1 Å². The predicted octanol–water partition coefficient (Wildman–Crippen LogP) is 4.81. The maximum atomic E-state index is 11.9. The summed E-state index contributed by atoms with van der Waals surface area (Å²) in [5.74, 6) is 0.611. The van der Waals surface area contributed by atoms with Gasteiger partial charge < -0.3 is 30.3 Å². The quantitative estimate of drug-likeness (QED) is 0.218. The van der Waals surface area contributed by atoms with Crippen LogP contribution < -0.4 is 20.3 Å². The van der Waals surface area contributed by atoms with E-state index in [-0.39, 0.29) is 27.6 Å². The molecule has 0 radical (unpaired) electrons. The molecule has 0 atom stereocenters. The fourth-order valence-corrected chi connectivity index (χ4v) is 3.89. The molecule has 0 aliphatic carbocycles. The van der Waals surface area contributed by atoms with Gasteiger partial charge in [-0.25, -0.2) is 9.97 Å². The van der Waals surface area contributed by atoms with Crippen LogP contribution in [0.3, 0.4) is 0 Å². The van der Waals surface area contributed by atoms with Crippen molar-refractivity contribution in [2.75, 3.05) is 56.9 Å². The molecular formula is C24H30Cl2N8O4. The van der Waals surface area contributed by atoms with Gasteiger partial charge in [0.1, 0.15) is 17.8 Å². The van der Waals surface area contributed by atoms with E-state index in [1.165, 1.54) is 19.5 Å². The van der Waals surface area contributed by atoms with Crippen LogP contribution in [0.1, 0.15) is 19.4 Å². The Kier molecular flexibility index (Phi) is 9.15. The summed E-state index contributed by atoms with van der Waals surface area (Å²) < 4.78 is 5.51. The SMILES string of the molecule is COc1cc(N(C)CCN(C)C)c([N+](=O)[O-])cc1Nc1ncnc(Nc2cc(Cl)c(Cl)cc2C(C)(C)O)n1. The molecule has 14 heteroatoms. The van der Waals surface area contributed by atoms with E-state index in [4.69, 9.17) is 27.9 Å². The number of aromatic nitrogens is 3. The van der Waals surface area contributed by atoms with E-state index in [9.17, 15) is 15.2 Å². The summed E-state index contributed by atoms with van der Waals surface area (Å²) in [5.41, 5.74) is 0.296. The van der Waals surface area contributed by atoms with Gasteiger partial charge in [0.05, 0.1) is 33.4 Å². The average Bonchev–Trinajstić information content (AvgIpc) is 2.83. The molecule has 3 rings (SSSR count). The van der Waals surface area contributed by atoms with E-state index in [2.05, 4.69) is 25.6 Å². The lowest BCUT2D eigenvalue weighted by molar-refractivity contribution is -0.384. The maximum Gasteiger partial charge on any atom is 0.294 e. The van der Waals surface area contributed by atoms with Crippen LogP contribution in [-0.2, 0) is 5.60 Å². The third kappa shape index (κ3) is 7.10. The number of aliphatic hydroxyl groups is 1. The number of nitrogens with one attached hydrogen (secondary N) is 2. The summed E-state index contributed by atoms with van der Waals surface area (Å²) in [6, 6.07) is 6.10. The van der Waals surface area contributed by atoms with Crippen LogP contribution in [0.5, 0.6) is 5.75 Å². The Labute approximate surface area is 230 Å². The van der Waals surface area contributed by atoms with E-state index in [1.54, 1.807) is 44.0 Å². The van der Waals surface area contributed by atoms with Crippen LogP contribution in [-0.4, -0.2) is 71.2 Å². The molecule has 0 aliphatic heterocycles. The summed E-state index contributed by atoms with van der Waals surface area (Å²) in [7, 11) is 7.12. The van der Waals surface area contributed by atoms with Crippen molar-refractivity contribution in [1.82, 2.24) is 19.9 Å². The molecule has 3 N–H and O–H groups in total. The molecular weight excluding hydrogens is 535 g/mol. The Morgan fingerprint density at radius 1 is 1.03 bits per heavy atom. The van der Waals surface area contributed by atoms with Crippen molar-refractivity contribution >= 4 is 57.8 Å². The maximum absolute atomic E-state index is 11.9. The first-order chi connectivity index (χ1) is 17.8.